The molecule has 0 radical (unpaired) electrons. The molecule has 0 atom stereocenters. The Morgan fingerprint density at radius 2 is 1.82 bits per heavy atom. The van der Waals surface area contributed by atoms with Crippen molar-refractivity contribution >= 4 is 23.2 Å². The van der Waals surface area contributed by atoms with Crippen LogP contribution >= 0.6 is 0 Å². The summed E-state index contributed by atoms with van der Waals surface area (Å²) in [5.74, 6) is -0.614. The SMILES string of the molecule is COCCNC(=O)c1ccnc(C(=O)Nc2ccc(N3CCCCC3)cc2)c1. The summed E-state index contributed by atoms with van der Waals surface area (Å²) in [7, 11) is 1.57. The van der Waals surface area contributed by atoms with Gasteiger partial charge in [0, 0.05) is 49.9 Å². The summed E-state index contributed by atoms with van der Waals surface area (Å²) in [5, 5.41) is 5.56. The molecular formula is C21H26N4O3. The van der Waals surface area contributed by atoms with Crippen LogP contribution in [0.15, 0.2) is 42.6 Å². The van der Waals surface area contributed by atoms with Crippen molar-refractivity contribution in [1.82, 2.24) is 10.3 Å². The molecule has 0 unspecified atom stereocenters. The van der Waals surface area contributed by atoms with E-state index in [1.165, 1.54) is 37.2 Å². The first-order valence-corrected chi connectivity index (χ1v) is 9.57. The van der Waals surface area contributed by atoms with Gasteiger partial charge in [-0.25, -0.2) is 0 Å². The lowest BCUT2D eigenvalue weighted by Gasteiger charge is -2.28. The van der Waals surface area contributed by atoms with Crippen molar-refractivity contribution in [3.05, 3.63) is 53.9 Å². The van der Waals surface area contributed by atoms with Gasteiger partial charge in [-0.05, 0) is 55.7 Å². The Bertz CT molecular complexity index is 802. The van der Waals surface area contributed by atoms with Crippen LogP contribution in [0.25, 0.3) is 0 Å². The van der Waals surface area contributed by atoms with Crippen molar-refractivity contribution in [2.45, 2.75) is 19.3 Å². The maximum atomic E-state index is 12.5. The molecule has 7 nitrogen and oxygen atoms in total. The summed E-state index contributed by atoms with van der Waals surface area (Å²) in [6.07, 6.45) is 5.19. The summed E-state index contributed by atoms with van der Waals surface area (Å²) in [5.41, 5.74) is 2.45. The molecule has 2 N–H and O–H groups in total. The highest BCUT2D eigenvalue weighted by Gasteiger charge is 2.13. The van der Waals surface area contributed by atoms with E-state index in [0.717, 1.165) is 13.1 Å². The Morgan fingerprint density at radius 1 is 1.07 bits per heavy atom. The predicted octanol–water partition coefficient (Wildman–Crippen LogP) is 2.70. The third-order valence-corrected chi connectivity index (χ3v) is 4.69. The van der Waals surface area contributed by atoms with Gasteiger partial charge in [-0.3, -0.25) is 14.6 Å². The molecule has 1 saturated heterocycles. The second-order valence-corrected chi connectivity index (χ2v) is 6.73. The first-order valence-electron chi connectivity index (χ1n) is 9.57. The van der Waals surface area contributed by atoms with E-state index in [1.807, 2.05) is 24.3 Å². The van der Waals surface area contributed by atoms with Gasteiger partial charge in [-0.2, -0.15) is 0 Å². The Hall–Kier alpha value is -2.93. The highest BCUT2D eigenvalue weighted by atomic mass is 16.5. The van der Waals surface area contributed by atoms with Crippen LogP contribution in [0.5, 0.6) is 0 Å². The molecule has 1 fully saturated rings. The molecule has 0 spiro atoms. The van der Waals surface area contributed by atoms with Gasteiger partial charge in [0.1, 0.15) is 5.69 Å². The maximum absolute atomic E-state index is 12.5. The summed E-state index contributed by atoms with van der Waals surface area (Å²) >= 11 is 0. The summed E-state index contributed by atoms with van der Waals surface area (Å²) < 4.78 is 4.91. The number of methoxy groups -OCH3 is 1. The smallest absolute Gasteiger partial charge is 0.274 e. The van der Waals surface area contributed by atoms with E-state index in [4.69, 9.17) is 4.74 Å². The Kier molecular flexibility index (Phi) is 6.97. The molecule has 1 aliphatic heterocycles. The predicted molar refractivity (Wildman–Crippen MR) is 109 cm³/mol. The van der Waals surface area contributed by atoms with Crippen molar-refractivity contribution in [1.29, 1.82) is 0 Å². The molecular weight excluding hydrogens is 356 g/mol. The fraction of sp³-hybridized carbons (Fsp3) is 0.381. The van der Waals surface area contributed by atoms with E-state index in [-0.39, 0.29) is 17.5 Å². The number of carbonyl (C=O) groups excluding carboxylic acids is 2. The Labute approximate surface area is 165 Å². The minimum atomic E-state index is -0.350. The van der Waals surface area contributed by atoms with Crippen LogP contribution in [-0.4, -0.2) is 50.1 Å². The molecule has 3 rings (SSSR count). The van der Waals surface area contributed by atoms with Crippen LogP contribution in [0.2, 0.25) is 0 Å². The summed E-state index contributed by atoms with van der Waals surface area (Å²) in [4.78, 5) is 31.1. The monoisotopic (exact) mass is 382 g/mol. The number of anilines is 2. The molecule has 148 valence electrons. The second-order valence-electron chi connectivity index (χ2n) is 6.73. The molecule has 1 aromatic carbocycles. The number of hydrogen-bond acceptors (Lipinski definition) is 5. The number of carbonyl (C=O) groups is 2. The molecule has 2 aromatic rings. The zero-order valence-corrected chi connectivity index (χ0v) is 16.1. The molecule has 0 bridgehead atoms. The van der Waals surface area contributed by atoms with Crippen LogP contribution < -0.4 is 15.5 Å². The number of aromatic nitrogens is 1. The number of amides is 2. The fourth-order valence-corrected chi connectivity index (χ4v) is 3.17. The Morgan fingerprint density at radius 3 is 2.54 bits per heavy atom. The van der Waals surface area contributed by atoms with Crippen molar-refractivity contribution in [3.8, 4) is 0 Å². The van der Waals surface area contributed by atoms with Crippen molar-refractivity contribution in [3.63, 3.8) is 0 Å². The Balaban J connectivity index is 1.61. The van der Waals surface area contributed by atoms with Gasteiger partial charge in [0.2, 0.25) is 0 Å². The molecule has 2 heterocycles. The largest absolute Gasteiger partial charge is 0.383 e. The van der Waals surface area contributed by atoms with Gasteiger partial charge in [0.05, 0.1) is 6.61 Å². The van der Waals surface area contributed by atoms with Gasteiger partial charge >= 0.3 is 0 Å². The third kappa shape index (κ3) is 5.29. The number of piperidine rings is 1. The van der Waals surface area contributed by atoms with Gasteiger partial charge in [-0.15, -0.1) is 0 Å². The van der Waals surface area contributed by atoms with E-state index in [1.54, 1.807) is 13.2 Å². The minimum absolute atomic E-state index is 0.194. The van der Waals surface area contributed by atoms with Gasteiger partial charge in [0.25, 0.3) is 11.8 Å². The summed E-state index contributed by atoms with van der Waals surface area (Å²) in [6, 6.07) is 10.9. The molecule has 7 heteroatoms. The number of pyridine rings is 1. The van der Waals surface area contributed by atoms with E-state index in [2.05, 4.69) is 20.5 Å². The van der Waals surface area contributed by atoms with E-state index in [0.29, 0.717) is 24.4 Å². The number of nitrogens with zero attached hydrogens (tertiary/aromatic N) is 2. The molecule has 1 aromatic heterocycles. The zero-order valence-electron chi connectivity index (χ0n) is 16.1. The van der Waals surface area contributed by atoms with E-state index < -0.39 is 0 Å². The molecule has 0 saturated carbocycles. The molecule has 1 aliphatic rings. The zero-order chi connectivity index (χ0) is 19.8. The number of benzene rings is 1. The normalized spacial score (nSPS) is 13.8. The number of nitrogens with one attached hydrogen (secondary N) is 2. The van der Waals surface area contributed by atoms with Crippen LogP contribution in [-0.2, 0) is 4.74 Å². The van der Waals surface area contributed by atoms with Crippen LogP contribution in [0, 0.1) is 0 Å². The number of rotatable bonds is 7. The van der Waals surface area contributed by atoms with Crippen LogP contribution in [0.4, 0.5) is 11.4 Å². The quantitative estimate of drug-likeness (QED) is 0.720. The topological polar surface area (TPSA) is 83.6 Å². The average Bonchev–Trinajstić information content (AvgIpc) is 2.75. The van der Waals surface area contributed by atoms with Crippen molar-refractivity contribution < 1.29 is 14.3 Å². The van der Waals surface area contributed by atoms with Gasteiger partial charge < -0.3 is 20.3 Å². The summed E-state index contributed by atoms with van der Waals surface area (Å²) in [6.45, 7) is 2.99. The van der Waals surface area contributed by atoms with Gasteiger partial charge in [-0.1, -0.05) is 0 Å². The number of hydrogen-bond donors (Lipinski definition) is 2. The lowest BCUT2D eigenvalue weighted by atomic mass is 10.1. The lowest BCUT2D eigenvalue weighted by Crippen LogP contribution is -2.29. The highest BCUT2D eigenvalue weighted by molar-refractivity contribution is 6.04. The fourth-order valence-electron chi connectivity index (χ4n) is 3.17. The van der Waals surface area contributed by atoms with Crippen molar-refractivity contribution in [2.24, 2.45) is 0 Å². The average molecular weight is 382 g/mol. The van der Waals surface area contributed by atoms with Crippen molar-refractivity contribution in [2.75, 3.05) is 43.6 Å². The minimum Gasteiger partial charge on any atom is -0.383 e. The first kappa shape index (κ1) is 19.8. The second kappa shape index (κ2) is 9.85. The molecule has 0 aliphatic carbocycles. The van der Waals surface area contributed by atoms with Gasteiger partial charge in [0.15, 0.2) is 0 Å². The first-order chi connectivity index (χ1) is 13.7. The molecule has 28 heavy (non-hydrogen) atoms. The lowest BCUT2D eigenvalue weighted by molar-refractivity contribution is 0.0937. The van der Waals surface area contributed by atoms with E-state index >= 15 is 0 Å². The van der Waals surface area contributed by atoms with E-state index in [9.17, 15) is 9.59 Å². The number of ether oxygens (including phenoxy) is 1. The highest BCUT2D eigenvalue weighted by Crippen LogP contribution is 2.22. The van der Waals surface area contributed by atoms with Crippen LogP contribution in [0.1, 0.15) is 40.1 Å². The maximum Gasteiger partial charge on any atom is 0.274 e. The molecule has 2 amide bonds. The third-order valence-electron chi connectivity index (χ3n) is 4.69. The standard InChI is InChI=1S/C21H26N4O3/c1-28-14-11-23-20(26)16-9-10-22-19(15-16)21(27)24-17-5-7-18(8-6-17)25-12-3-2-4-13-25/h5-10,15H,2-4,11-14H2,1H3,(H,23,26)(H,24,27). The van der Waals surface area contributed by atoms with Crippen LogP contribution in [0.3, 0.4) is 0 Å².